The molecule has 0 unspecified atom stereocenters. The van der Waals surface area contributed by atoms with Gasteiger partial charge in [-0.15, -0.1) is 0 Å². The minimum absolute atomic E-state index is 0.138. The molecule has 2 rings (SSSR count). The number of likely N-dealkylation sites (tertiary alicyclic amines) is 1. The summed E-state index contributed by atoms with van der Waals surface area (Å²) in [5.41, 5.74) is -0.699. The monoisotopic (exact) mass is 262 g/mol. The van der Waals surface area contributed by atoms with Gasteiger partial charge in [0.1, 0.15) is 5.41 Å². The quantitative estimate of drug-likeness (QED) is 0.677. The van der Waals surface area contributed by atoms with Crippen LogP contribution in [0.5, 0.6) is 0 Å². The number of carbonyl (C=O) groups is 1. The Bertz CT molecular complexity index is 329. The van der Waals surface area contributed by atoms with Crippen LogP contribution < -0.4 is 0 Å². The van der Waals surface area contributed by atoms with E-state index in [1.165, 1.54) is 32.1 Å². The van der Waals surface area contributed by atoms with E-state index in [4.69, 9.17) is 0 Å². The molecule has 1 aliphatic carbocycles. The summed E-state index contributed by atoms with van der Waals surface area (Å²) in [6.45, 7) is 1.73. The van der Waals surface area contributed by atoms with Crippen LogP contribution in [0.15, 0.2) is 0 Å². The minimum atomic E-state index is -0.699. The zero-order valence-electron chi connectivity index (χ0n) is 12.0. The summed E-state index contributed by atoms with van der Waals surface area (Å²) in [7, 11) is 0. The largest absolute Gasteiger partial charge is 0.341 e. The second kappa shape index (κ2) is 6.93. The normalized spacial score (nSPS) is 24.7. The van der Waals surface area contributed by atoms with Gasteiger partial charge in [-0.25, -0.2) is 0 Å². The van der Waals surface area contributed by atoms with Crippen molar-refractivity contribution in [3.05, 3.63) is 0 Å². The summed E-state index contributed by atoms with van der Waals surface area (Å²) in [5, 5.41) is 9.60. The van der Waals surface area contributed by atoms with Crippen LogP contribution >= 0.6 is 0 Å². The van der Waals surface area contributed by atoms with Gasteiger partial charge in [0.2, 0.25) is 5.91 Å². The lowest BCUT2D eigenvalue weighted by Crippen LogP contribution is -2.44. The van der Waals surface area contributed by atoms with E-state index in [1.807, 2.05) is 4.90 Å². The van der Waals surface area contributed by atoms with Crippen molar-refractivity contribution in [3.8, 4) is 6.07 Å². The molecule has 1 saturated heterocycles. The van der Waals surface area contributed by atoms with Gasteiger partial charge in [0.15, 0.2) is 0 Å². The maximum atomic E-state index is 12.8. The number of hydrogen-bond acceptors (Lipinski definition) is 2. The van der Waals surface area contributed by atoms with Gasteiger partial charge in [-0.1, -0.05) is 44.9 Å². The number of amides is 1. The van der Waals surface area contributed by atoms with Crippen LogP contribution in [0.3, 0.4) is 0 Å². The van der Waals surface area contributed by atoms with Gasteiger partial charge < -0.3 is 4.90 Å². The van der Waals surface area contributed by atoms with E-state index >= 15 is 0 Å². The fourth-order valence-corrected chi connectivity index (χ4v) is 3.46. The van der Waals surface area contributed by atoms with Gasteiger partial charge in [-0.2, -0.15) is 5.26 Å². The third kappa shape index (κ3) is 3.49. The highest BCUT2D eigenvalue weighted by molar-refractivity contribution is 5.85. The van der Waals surface area contributed by atoms with E-state index in [2.05, 4.69) is 6.07 Å². The Balaban J connectivity index is 2.07. The van der Waals surface area contributed by atoms with E-state index in [9.17, 15) is 10.1 Å². The Labute approximate surface area is 117 Å². The predicted molar refractivity (Wildman–Crippen MR) is 75.4 cm³/mol. The SMILES string of the molecule is N#CC1(C(=O)N2CCCCCCC2)CCCCCC1. The van der Waals surface area contributed by atoms with Crippen LogP contribution in [0.25, 0.3) is 0 Å². The smallest absolute Gasteiger partial charge is 0.243 e. The molecule has 0 bridgehead atoms. The summed E-state index contributed by atoms with van der Waals surface area (Å²) in [6.07, 6.45) is 11.9. The number of carbonyl (C=O) groups excluding carboxylic acids is 1. The van der Waals surface area contributed by atoms with Crippen LogP contribution in [0.4, 0.5) is 0 Å². The van der Waals surface area contributed by atoms with Crippen molar-refractivity contribution in [2.24, 2.45) is 5.41 Å². The third-order valence-corrected chi connectivity index (χ3v) is 4.72. The second-order valence-electron chi connectivity index (χ2n) is 6.17. The lowest BCUT2D eigenvalue weighted by atomic mass is 9.80. The molecule has 3 nitrogen and oxygen atoms in total. The highest BCUT2D eigenvalue weighted by Crippen LogP contribution is 2.36. The first-order chi connectivity index (χ1) is 9.28. The molecular weight excluding hydrogens is 236 g/mol. The summed E-state index contributed by atoms with van der Waals surface area (Å²) in [5.74, 6) is 0.138. The average molecular weight is 262 g/mol. The third-order valence-electron chi connectivity index (χ3n) is 4.72. The molecule has 2 aliphatic rings. The fraction of sp³-hybridized carbons (Fsp3) is 0.875. The lowest BCUT2D eigenvalue weighted by Gasteiger charge is -2.33. The maximum Gasteiger partial charge on any atom is 0.243 e. The van der Waals surface area contributed by atoms with Gasteiger partial charge in [-0.05, 0) is 25.7 Å². The molecule has 0 radical (unpaired) electrons. The van der Waals surface area contributed by atoms with E-state index in [0.717, 1.165) is 51.6 Å². The van der Waals surface area contributed by atoms with Gasteiger partial charge in [-0.3, -0.25) is 4.79 Å². The molecule has 0 aromatic heterocycles. The molecule has 0 aromatic rings. The molecule has 0 aromatic carbocycles. The number of rotatable bonds is 1. The van der Waals surface area contributed by atoms with Crippen molar-refractivity contribution < 1.29 is 4.79 Å². The topological polar surface area (TPSA) is 44.1 Å². The fourth-order valence-electron chi connectivity index (χ4n) is 3.46. The van der Waals surface area contributed by atoms with E-state index < -0.39 is 5.41 Å². The second-order valence-corrected chi connectivity index (χ2v) is 6.17. The van der Waals surface area contributed by atoms with Gasteiger partial charge in [0.05, 0.1) is 6.07 Å². The Kier molecular flexibility index (Phi) is 5.24. The first-order valence-corrected chi connectivity index (χ1v) is 7.99. The van der Waals surface area contributed by atoms with E-state index in [1.54, 1.807) is 0 Å². The predicted octanol–water partition coefficient (Wildman–Crippen LogP) is 3.64. The molecular formula is C16H26N2O. The van der Waals surface area contributed by atoms with Gasteiger partial charge >= 0.3 is 0 Å². The standard InChI is InChI=1S/C16H26N2O/c17-14-16(10-6-2-3-7-11-16)15(19)18-12-8-4-1-5-9-13-18/h1-13H2. The van der Waals surface area contributed by atoms with Gasteiger partial charge in [0.25, 0.3) is 0 Å². The Morgan fingerprint density at radius 1 is 0.842 bits per heavy atom. The molecule has 1 heterocycles. The molecule has 0 N–H and O–H groups in total. The van der Waals surface area contributed by atoms with Crippen LogP contribution in [0.2, 0.25) is 0 Å². The summed E-state index contributed by atoms with van der Waals surface area (Å²) < 4.78 is 0. The zero-order valence-corrected chi connectivity index (χ0v) is 12.0. The number of nitriles is 1. The number of nitrogens with zero attached hydrogens (tertiary/aromatic N) is 2. The van der Waals surface area contributed by atoms with Crippen molar-refractivity contribution in [1.29, 1.82) is 5.26 Å². The van der Waals surface area contributed by atoms with E-state index in [-0.39, 0.29) is 5.91 Å². The lowest BCUT2D eigenvalue weighted by molar-refractivity contribution is -0.140. The molecule has 1 aliphatic heterocycles. The van der Waals surface area contributed by atoms with Crippen LogP contribution in [0.1, 0.15) is 70.6 Å². The molecule has 1 amide bonds. The molecule has 0 spiro atoms. The van der Waals surface area contributed by atoms with Crippen molar-refractivity contribution in [3.63, 3.8) is 0 Å². The summed E-state index contributed by atoms with van der Waals surface area (Å²) in [6, 6.07) is 2.40. The maximum absolute atomic E-state index is 12.8. The van der Waals surface area contributed by atoms with Crippen molar-refractivity contribution in [2.45, 2.75) is 70.6 Å². The van der Waals surface area contributed by atoms with Gasteiger partial charge in [0, 0.05) is 13.1 Å². The highest BCUT2D eigenvalue weighted by atomic mass is 16.2. The van der Waals surface area contributed by atoms with E-state index in [0.29, 0.717) is 0 Å². The summed E-state index contributed by atoms with van der Waals surface area (Å²) >= 11 is 0. The first-order valence-electron chi connectivity index (χ1n) is 7.99. The Hall–Kier alpha value is -1.04. The zero-order chi connectivity index (χ0) is 13.6. The summed E-state index contributed by atoms with van der Waals surface area (Å²) in [4.78, 5) is 14.8. The van der Waals surface area contributed by atoms with Crippen LogP contribution in [-0.4, -0.2) is 23.9 Å². The molecule has 0 atom stereocenters. The van der Waals surface area contributed by atoms with Crippen molar-refractivity contribution in [1.82, 2.24) is 4.90 Å². The molecule has 2 fully saturated rings. The molecule has 19 heavy (non-hydrogen) atoms. The molecule has 106 valence electrons. The first kappa shape index (κ1) is 14.4. The van der Waals surface area contributed by atoms with Crippen LogP contribution in [-0.2, 0) is 4.79 Å². The number of hydrogen-bond donors (Lipinski definition) is 0. The Morgan fingerprint density at radius 3 is 1.84 bits per heavy atom. The van der Waals surface area contributed by atoms with Crippen LogP contribution in [0, 0.1) is 16.7 Å². The molecule has 1 saturated carbocycles. The van der Waals surface area contributed by atoms with Crippen molar-refractivity contribution >= 4 is 5.91 Å². The molecule has 3 heteroatoms. The average Bonchev–Trinajstić information content (AvgIpc) is 2.64. The highest BCUT2D eigenvalue weighted by Gasteiger charge is 2.41. The minimum Gasteiger partial charge on any atom is -0.341 e. The van der Waals surface area contributed by atoms with Crippen molar-refractivity contribution in [2.75, 3.05) is 13.1 Å². The Morgan fingerprint density at radius 2 is 1.32 bits per heavy atom.